The molecule has 0 aliphatic heterocycles. The zero-order valence-corrected chi connectivity index (χ0v) is 25.2. The topological polar surface area (TPSA) is 63.8 Å². The maximum Gasteiger partial charge on any atom is 0.229 e. The van der Waals surface area contributed by atoms with Gasteiger partial charge in [-0.1, -0.05) is 80.8 Å². The number of hydrogen-bond acceptors (Lipinski definition) is 4. The minimum absolute atomic E-state index is 0.330. The summed E-state index contributed by atoms with van der Waals surface area (Å²) < 4.78 is 0. The number of aryl methyl sites for hydroxylation is 2. The standard InChI is InChI=1S/C35H44N4/c1-10-20(3)25(8)26(9)27-17-23(6)32(24(7)18-27)30-13-12-14-31-33(30)38-35(39-34(31)36)37-28-15-16-29(21(4)11-2)22(5)19-28/h12-19,22,26H,10-11H2,1-9H3,(H3,36,37,38,39)/b25-20-,29-21+. The fourth-order valence-electron chi connectivity index (χ4n) is 5.70. The number of nitrogen functional groups attached to an aromatic ring is 1. The number of nitrogens with two attached hydrogens (primary N) is 1. The Bertz CT molecular complexity index is 1510. The minimum Gasteiger partial charge on any atom is -0.383 e. The van der Waals surface area contributed by atoms with Crippen molar-refractivity contribution >= 4 is 22.7 Å². The minimum atomic E-state index is 0.330. The van der Waals surface area contributed by atoms with Gasteiger partial charge in [0.25, 0.3) is 0 Å². The number of hydrogen-bond donors (Lipinski definition) is 2. The third kappa shape index (κ3) is 5.71. The zero-order chi connectivity index (χ0) is 28.4. The number of anilines is 2. The van der Waals surface area contributed by atoms with Crippen LogP contribution in [0.3, 0.4) is 0 Å². The Balaban J connectivity index is 1.76. The Kier molecular flexibility index (Phi) is 8.44. The van der Waals surface area contributed by atoms with Gasteiger partial charge in [-0.15, -0.1) is 0 Å². The maximum absolute atomic E-state index is 6.49. The number of nitrogens with zero attached hydrogens (tertiary/aromatic N) is 2. The van der Waals surface area contributed by atoms with E-state index in [0.717, 1.165) is 35.0 Å². The van der Waals surface area contributed by atoms with Crippen LogP contribution in [-0.2, 0) is 0 Å². The molecule has 0 radical (unpaired) electrons. The van der Waals surface area contributed by atoms with E-state index in [4.69, 9.17) is 10.7 Å². The van der Waals surface area contributed by atoms with E-state index in [1.54, 1.807) is 0 Å². The quantitative estimate of drug-likeness (QED) is 0.304. The van der Waals surface area contributed by atoms with Gasteiger partial charge in [0.1, 0.15) is 5.82 Å². The lowest BCUT2D eigenvalue weighted by Crippen LogP contribution is -2.10. The smallest absolute Gasteiger partial charge is 0.229 e. The predicted molar refractivity (Wildman–Crippen MR) is 169 cm³/mol. The summed E-state index contributed by atoms with van der Waals surface area (Å²) in [6.45, 7) is 20.1. The molecular formula is C35H44N4. The molecule has 3 N–H and O–H groups in total. The van der Waals surface area contributed by atoms with E-state index in [2.05, 4.69) is 115 Å². The van der Waals surface area contributed by atoms with Crippen LogP contribution in [0.4, 0.5) is 11.8 Å². The van der Waals surface area contributed by atoms with Gasteiger partial charge >= 0.3 is 0 Å². The molecule has 1 aliphatic carbocycles. The molecule has 0 bridgehead atoms. The molecule has 39 heavy (non-hydrogen) atoms. The molecule has 204 valence electrons. The van der Waals surface area contributed by atoms with Gasteiger partial charge in [0.2, 0.25) is 5.95 Å². The Hall–Kier alpha value is -3.66. The van der Waals surface area contributed by atoms with Crippen molar-refractivity contribution in [2.75, 3.05) is 11.1 Å². The molecule has 1 heterocycles. The van der Waals surface area contributed by atoms with Gasteiger partial charge in [-0.2, -0.15) is 4.98 Å². The summed E-state index contributed by atoms with van der Waals surface area (Å²) in [5.41, 5.74) is 20.2. The van der Waals surface area contributed by atoms with Crippen LogP contribution in [0.5, 0.6) is 0 Å². The second-order valence-corrected chi connectivity index (χ2v) is 11.2. The van der Waals surface area contributed by atoms with Crippen molar-refractivity contribution in [3.05, 3.63) is 93.2 Å². The molecule has 0 saturated heterocycles. The molecule has 1 aliphatic rings. The van der Waals surface area contributed by atoms with Gasteiger partial charge in [0.05, 0.1) is 5.52 Å². The summed E-state index contributed by atoms with van der Waals surface area (Å²) in [5.74, 6) is 1.72. The van der Waals surface area contributed by atoms with E-state index < -0.39 is 0 Å². The lowest BCUT2D eigenvalue weighted by atomic mass is 9.85. The van der Waals surface area contributed by atoms with E-state index in [1.165, 1.54) is 44.5 Å². The number of allylic oxidation sites excluding steroid dienone is 7. The van der Waals surface area contributed by atoms with E-state index in [1.807, 2.05) is 6.07 Å². The summed E-state index contributed by atoms with van der Waals surface area (Å²) in [6, 6.07) is 10.9. The lowest BCUT2D eigenvalue weighted by Gasteiger charge is -2.21. The summed E-state index contributed by atoms with van der Waals surface area (Å²) in [4.78, 5) is 9.62. The highest BCUT2D eigenvalue weighted by Crippen LogP contribution is 2.38. The summed E-state index contributed by atoms with van der Waals surface area (Å²) in [6.07, 6.45) is 8.68. The lowest BCUT2D eigenvalue weighted by molar-refractivity contribution is 0.841. The first kappa shape index (κ1) is 28.4. The van der Waals surface area contributed by atoms with Crippen molar-refractivity contribution < 1.29 is 0 Å². The molecule has 0 spiro atoms. The first-order valence-electron chi connectivity index (χ1n) is 14.3. The zero-order valence-electron chi connectivity index (χ0n) is 25.2. The van der Waals surface area contributed by atoms with Crippen LogP contribution >= 0.6 is 0 Å². The van der Waals surface area contributed by atoms with Crippen LogP contribution in [-0.4, -0.2) is 9.97 Å². The van der Waals surface area contributed by atoms with Crippen LogP contribution in [0, 0.1) is 19.8 Å². The van der Waals surface area contributed by atoms with E-state index >= 15 is 0 Å². The van der Waals surface area contributed by atoms with Gasteiger partial charge < -0.3 is 11.1 Å². The van der Waals surface area contributed by atoms with Crippen molar-refractivity contribution in [1.82, 2.24) is 9.97 Å². The Labute approximate surface area is 234 Å². The number of aromatic nitrogens is 2. The highest BCUT2D eigenvalue weighted by molar-refractivity contribution is 6.00. The maximum atomic E-state index is 6.49. The number of rotatable bonds is 7. The van der Waals surface area contributed by atoms with Crippen LogP contribution < -0.4 is 11.1 Å². The van der Waals surface area contributed by atoms with Crippen LogP contribution in [0.2, 0.25) is 0 Å². The highest BCUT2D eigenvalue weighted by Gasteiger charge is 2.18. The summed E-state index contributed by atoms with van der Waals surface area (Å²) in [5, 5.41) is 4.30. The molecule has 0 amide bonds. The van der Waals surface area contributed by atoms with Crippen molar-refractivity contribution in [2.45, 2.75) is 81.1 Å². The number of benzene rings is 2. The van der Waals surface area contributed by atoms with Gasteiger partial charge in [-0.3, -0.25) is 0 Å². The highest BCUT2D eigenvalue weighted by atomic mass is 15.1. The average Bonchev–Trinajstić information content (AvgIpc) is 2.91. The third-order valence-electron chi connectivity index (χ3n) is 8.58. The fraction of sp³-hybridized carbons (Fsp3) is 0.371. The Morgan fingerprint density at radius 1 is 1.00 bits per heavy atom. The fourth-order valence-corrected chi connectivity index (χ4v) is 5.70. The van der Waals surface area contributed by atoms with Gasteiger partial charge in [0, 0.05) is 28.5 Å². The molecule has 0 fully saturated rings. The van der Waals surface area contributed by atoms with E-state index in [9.17, 15) is 0 Å². The SMILES string of the molecule is CC/C(C)=C1\C=CC(Nc2nc(N)c3cccc(-c4c(C)cc(C(C)/C(C)=C(/C)CC)cc4C)c3n2)=CC1C. The molecule has 2 atom stereocenters. The Morgan fingerprint density at radius 2 is 1.69 bits per heavy atom. The molecular weight excluding hydrogens is 476 g/mol. The predicted octanol–water partition coefficient (Wildman–Crippen LogP) is 9.57. The van der Waals surface area contributed by atoms with Gasteiger partial charge in [-0.25, -0.2) is 4.98 Å². The molecule has 4 heteroatoms. The molecule has 4 nitrogen and oxygen atoms in total. The summed E-state index contributed by atoms with van der Waals surface area (Å²) in [7, 11) is 0. The van der Waals surface area contributed by atoms with Crippen molar-refractivity contribution in [2.24, 2.45) is 5.92 Å². The van der Waals surface area contributed by atoms with Gasteiger partial charge in [-0.05, 0) is 87.4 Å². The van der Waals surface area contributed by atoms with E-state index in [0.29, 0.717) is 23.6 Å². The van der Waals surface area contributed by atoms with Crippen molar-refractivity contribution in [1.29, 1.82) is 0 Å². The van der Waals surface area contributed by atoms with Crippen molar-refractivity contribution in [3.63, 3.8) is 0 Å². The first-order valence-corrected chi connectivity index (χ1v) is 14.3. The monoisotopic (exact) mass is 520 g/mol. The molecule has 4 rings (SSSR count). The molecule has 1 aromatic heterocycles. The van der Waals surface area contributed by atoms with Crippen LogP contribution in [0.15, 0.2) is 76.5 Å². The normalized spacial score (nSPS) is 18.1. The third-order valence-corrected chi connectivity index (χ3v) is 8.58. The summed E-state index contributed by atoms with van der Waals surface area (Å²) >= 11 is 0. The average molecular weight is 521 g/mol. The van der Waals surface area contributed by atoms with Crippen LogP contribution in [0.25, 0.3) is 22.0 Å². The first-order chi connectivity index (χ1) is 18.5. The van der Waals surface area contributed by atoms with Crippen molar-refractivity contribution in [3.8, 4) is 11.1 Å². The number of fused-ring (bicyclic) bond motifs is 1. The molecule has 2 aromatic carbocycles. The van der Waals surface area contributed by atoms with Gasteiger partial charge in [0.15, 0.2) is 0 Å². The van der Waals surface area contributed by atoms with E-state index in [-0.39, 0.29) is 0 Å². The second-order valence-electron chi connectivity index (χ2n) is 11.2. The molecule has 0 saturated carbocycles. The second kappa shape index (κ2) is 11.6. The largest absolute Gasteiger partial charge is 0.383 e. The number of para-hydroxylation sites is 1. The Morgan fingerprint density at radius 3 is 2.31 bits per heavy atom. The molecule has 3 aromatic rings. The van der Waals surface area contributed by atoms with Crippen LogP contribution in [0.1, 0.15) is 83.9 Å². The molecule has 2 unspecified atom stereocenters. The number of nitrogens with one attached hydrogen (secondary N) is 1.